The molecule has 6 nitrogen and oxygen atoms in total. The number of hydrogen-bond acceptors (Lipinski definition) is 4. The molecule has 0 spiro atoms. The smallest absolute Gasteiger partial charge is 0.257 e. The third-order valence-electron chi connectivity index (χ3n) is 4.12. The molecule has 0 saturated carbocycles. The second kappa shape index (κ2) is 8.45. The van der Waals surface area contributed by atoms with E-state index in [-0.39, 0.29) is 5.91 Å². The zero-order chi connectivity index (χ0) is 19.4. The van der Waals surface area contributed by atoms with E-state index in [2.05, 4.69) is 26.2 Å². The third kappa shape index (κ3) is 4.43. The first-order valence-electron chi connectivity index (χ1n) is 8.52. The summed E-state index contributed by atoms with van der Waals surface area (Å²) in [6, 6.07) is 11.1. The molecule has 3 rings (SSSR count). The number of benzene rings is 2. The average molecular weight is 432 g/mol. The number of nitrogens with one attached hydrogen (secondary N) is 2. The maximum atomic E-state index is 12.8. The number of rotatable bonds is 7. The summed E-state index contributed by atoms with van der Waals surface area (Å²) in [5, 5.41) is 3.78. The second-order valence-electron chi connectivity index (χ2n) is 6.34. The van der Waals surface area contributed by atoms with Crippen molar-refractivity contribution in [3.8, 4) is 11.5 Å². The lowest BCUT2D eigenvalue weighted by atomic mass is 10.1. The SMILES string of the molecule is COc1ccc(NC(=O)c2c[nH]c3cccc(Br)c23)cc1OCCN(C)C. The molecule has 1 aromatic heterocycles. The van der Waals surface area contributed by atoms with Gasteiger partial charge in [0, 0.05) is 39.9 Å². The van der Waals surface area contributed by atoms with Crippen LogP contribution in [0.3, 0.4) is 0 Å². The van der Waals surface area contributed by atoms with Crippen LogP contribution in [0.25, 0.3) is 10.9 Å². The molecular formula is C20H22BrN3O3. The minimum Gasteiger partial charge on any atom is -0.493 e. The number of amides is 1. The van der Waals surface area contributed by atoms with Crippen molar-refractivity contribution in [3.63, 3.8) is 0 Å². The highest BCUT2D eigenvalue weighted by Crippen LogP contribution is 2.31. The van der Waals surface area contributed by atoms with Crippen molar-refractivity contribution >= 4 is 38.4 Å². The van der Waals surface area contributed by atoms with E-state index in [1.165, 1.54) is 0 Å². The predicted molar refractivity (Wildman–Crippen MR) is 111 cm³/mol. The molecule has 0 aliphatic heterocycles. The molecule has 2 N–H and O–H groups in total. The Labute approximate surface area is 166 Å². The first kappa shape index (κ1) is 19.3. The van der Waals surface area contributed by atoms with Gasteiger partial charge in [0.15, 0.2) is 11.5 Å². The summed E-state index contributed by atoms with van der Waals surface area (Å²) in [7, 11) is 5.56. The van der Waals surface area contributed by atoms with E-state index in [4.69, 9.17) is 9.47 Å². The van der Waals surface area contributed by atoms with Gasteiger partial charge in [-0.3, -0.25) is 4.79 Å². The van der Waals surface area contributed by atoms with E-state index < -0.39 is 0 Å². The Kier molecular flexibility index (Phi) is 6.03. The lowest BCUT2D eigenvalue weighted by Gasteiger charge is -2.15. The maximum absolute atomic E-state index is 12.8. The molecule has 1 heterocycles. The van der Waals surface area contributed by atoms with Crippen LogP contribution < -0.4 is 14.8 Å². The van der Waals surface area contributed by atoms with Gasteiger partial charge in [0.2, 0.25) is 0 Å². The monoisotopic (exact) mass is 431 g/mol. The molecule has 2 aromatic carbocycles. The summed E-state index contributed by atoms with van der Waals surface area (Å²) >= 11 is 3.51. The van der Waals surface area contributed by atoms with Crippen molar-refractivity contribution in [3.05, 3.63) is 52.6 Å². The molecule has 7 heteroatoms. The lowest BCUT2D eigenvalue weighted by molar-refractivity contribution is 0.102. The van der Waals surface area contributed by atoms with E-state index in [1.54, 1.807) is 31.5 Å². The van der Waals surface area contributed by atoms with E-state index >= 15 is 0 Å². The van der Waals surface area contributed by atoms with Gasteiger partial charge in [-0.1, -0.05) is 22.0 Å². The number of halogens is 1. The molecule has 0 radical (unpaired) electrons. The van der Waals surface area contributed by atoms with Gasteiger partial charge < -0.3 is 24.7 Å². The first-order valence-corrected chi connectivity index (χ1v) is 9.31. The van der Waals surface area contributed by atoms with Crippen LogP contribution in [0.5, 0.6) is 11.5 Å². The standard InChI is InChI=1S/C20H22BrN3O3/c1-24(2)9-10-27-18-11-13(7-8-17(18)26-3)23-20(25)14-12-22-16-6-4-5-15(21)19(14)16/h4-8,11-12,22H,9-10H2,1-3H3,(H,23,25). The topological polar surface area (TPSA) is 66.6 Å². The number of anilines is 1. The first-order chi connectivity index (χ1) is 13.0. The number of aromatic nitrogens is 1. The summed E-state index contributed by atoms with van der Waals surface area (Å²) in [6.45, 7) is 1.30. The number of carbonyl (C=O) groups excluding carboxylic acids is 1. The van der Waals surface area contributed by atoms with Gasteiger partial charge in [-0.15, -0.1) is 0 Å². The van der Waals surface area contributed by atoms with E-state index in [0.29, 0.717) is 29.4 Å². The number of H-pyrrole nitrogens is 1. The van der Waals surface area contributed by atoms with Gasteiger partial charge in [0.25, 0.3) is 5.91 Å². The van der Waals surface area contributed by atoms with Gasteiger partial charge in [-0.2, -0.15) is 0 Å². The lowest BCUT2D eigenvalue weighted by Crippen LogP contribution is -2.19. The fourth-order valence-corrected chi connectivity index (χ4v) is 3.30. The van der Waals surface area contributed by atoms with Gasteiger partial charge in [0.05, 0.1) is 12.7 Å². The van der Waals surface area contributed by atoms with E-state index in [0.717, 1.165) is 21.9 Å². The Morgan fingerprint density at radius 3 is 2.78 bits per heavy atom. The van der Waals surface area contributed by atoms with Crippen molar-refractivity contribution in [2.45, 2.75) is 0 Å². The van der Waals surface area contributed by atoms with Crippen LogP contribution in [-0.4, -0.2) is 50.1 Å². The van der Waals surface area contributed by atoms with Gasteiger partial charge >= 0.3 is 0 Å². The molecule has 0 bridgehead atoms. The molecule has 0 saturated heterocycles. The normalized spacial score (nSPS) is 11.0. The van der Waals surface area contributed by atoms with E-state index in [9.17, 15) is 4.79 Å². The maximum Gasteiger partial charge on any atom is 0.257 e. The molecule has 0 atom stereocenters. The largest absolute Gasteiger partial charge is 0.493 e. The number of carbonyl (C=O) groups is 1. The number of nitrogens with zero attached hydrogens (tertiary/aromatic N) is 1. The van der Waals surface area contributed by atoms with Crippen molar-refractivity contribution in [2.75, 3.05) is 39.7 Å². The van der Waals surface area contributed by atoms with Crippen molar-refractivity contribution < 1.29 is 14.3 Å². The van der Waals surface area contributed by atoms with Crippen LogP contribution in [0.1, 0.15) is 10.4 Å². The highest BCUT2D eigenvalue weighted by molar-refractivity contribution is 9.10. The molecule has 27 heavy (non-hydrogen) atoms. The Hall–Kier alpha value is -2.51. The van der Waals surface area contributed by atoms with Crippen LogP contribution in [0.15, 0.2) is 47.1 Å². The summed E-state index contributed by atoms with van der Waals surface area (Å²) in [5.74, 6) is 1.02. The number of hydrogen-bond donors (Lipinski definition) is 2. The van der Waals surface area contributed by atoms with Crippen LogP contribution >= 0.6 is 15.9 Å². The summed E-state index contributed by atoms with van der Waals surface area (Å²) in [6.07, 6.45) is 1.71. The van der Waals surface area contributed by atoms with Crippen LogP contribution in [0.4, 0.5) is 5.69 Å². The van der Waals surface area contributed by atoms with Gasteiger partial charge in [0.1, 0.15) is 6.61 Å². The Morgan fingerprint density at radius 2 is 2.04 bits per heavy atom. The molecule has 1 amide bonds. The fourth-order valence-electron chi connectivity index (χ4n) is 2.72. The van der Waals surface area contributed by atoms with Crippen molar-refractivity contribution in [1.29, 1.82) is 0 Å². The van der Waals surface area contributed by atoms with Crippen molar-refractivity contribution in [1.82, 2.24) is 9.88 Å². The zero-order valence-electron chi connectivity index (χ0n) is 15.5. The predicted octanol–water partition coefficient (Wildman–Crippen LogP) is 4.13. The average Bonchev–Trinajstić information content (AvgIpc) is 3.07. The number of likely N-dealkylation sites (N-methyl/N-ethyl adjacent to an activating group) is 1. The minimum absolute atomic E-state index is 0.197. The Morgan fingerprint density at radius 1 is 1.22 bits per heavy atom. The molecule has 3 aromatic rings. The Balaban J connectivity index is 1.81. The van der Waals surface area contributed by atoms with Gasteiger partial charge in [-0.25, -0.2) is 0 Å². The summed E-state index contributed by atoms with van der Waals surface area (Å²) < 4.78 is 12.0. The quantitative estimate of drug-likeness (QED) is 0.589. The molecule has 0 unspecified atom stereocenters. The Bertz CT molecular complexity index is 953. The number of methoxy groups -OCH3 is 1. The molecule has 142 valence electrons. The van der Waals surface area contributed by atoms with E-state index in [1.807, 2.05) is 37.2 Å². The minimum atomic E-state index is -0.197. The number of ether oxygens (including phenoxy) is 2. The summed E-state index contributed by atoms with van der Waals surface area (Å²) in [5.41, 5.74) is 2.11. The molecule has 0 aliphatic rings. The zero-order valence-corrected chi connectivity index (χ0v) is 17.1. The number of fused-ring (bicyclic) bond motifs is 1. The highest BCUT2D eigenvalue weighted by atomic mass is 79.9. The molecule has 0 aliphatic carbocycles. The van der Waals surface area contributed by atoms with Crippen LogP contribution in [0.2, 0.25) is 0 Å². The fraction of sp³-hybridized carbons (Fsp3) is 0.250. The highest BCUT2D eigenvalue weighted by Gasteiger charge is 2.15. The van der Waals surface area contributed by atoms with Crippen molar-refractivity contribution in [2.24, 2.45) is 0 Å². The summed E-state index contributed by atoms with van der Waals surface area (Å²) in [4.78, 5) is 17.9. The third-order valence-corrected chi connectivity index (χ3v) is 4.78. The number of aromatic amines is 1. The molecule has 0 fully saturated rings. The van der Waals surface area contributed by atoms with Crippen LogP contribution in [-0.2, 0) is 0 Å². The second-order valence-corrected chi connectivity index (χ2v) is 7.19. The van der Waals surface area contributed by atoms with Gasteiger partial charge in [-0.05, 0) is 38.4 Å². The van der Waals surface area contributed by atoms with Crippen LogP contribution in [0, 0.1) is 0 Å². The molecular weight excluding hydrogens is 410 g/mol.